The maximum Gasteiger partial charge on any atom is 0.270 e. The number of sulfonamides is 1. The van der Waals surface area contributed by atoms with Gasteiger partial charge in [0.05, 0.1) is 28.5 Å². The second-order valence-corrected chi connectivity index (χ2v) is 16.7. The molecular weight excluding hydrogens is 720 g/mol. The zero-order valence-electron chi connectivity index (χ0n) is 30.5. The molecule has 1 saturated heterocycles. The van der Waals surface area contributed by atoms with Crippen molar-refractivity contribution in [1.29, 1.82) is 0 Å². The smallest absolute Gasteiger partial charge is 0.270 e. The largest absolute Gasteiger partial charge is 0.471 e. The number of carbonyl (C=O) groups excluding carboxylic acids is 4. The van der Waals surface area contributed by atoms with E-state index in [9.17, 15) is 32.0 Å². The third-order valence-corrected chi connectivity index (χ3v) is 12.5. The Labute approximate surface area is 312 Å². The van der Waals surface area contributed by atoms with Crippen molar-refractivity contribution in [1.82, 2.24) is 40.0 Å². The predicted molar refractivity (Wildman–Crippen MR) is 194 cm³/mol. The Hall–Kier alpha value is -4.93. The van der Waals surface area contributed by atoms with E-state index in [0.29, 0.717) is 55.4 Å². The lowest BCUT2D eigenvalue weighted by Crippen LogP contribution is -2.58. The van der Waals surface area contributed by atoms with Gasteiger partial charge in [-0.2, -0.15) is 5.10 Å². The van der Waals surface area contributed by atoms with Gasteiger partial charge in [-0.15, -0.1) is 0 Å². The lowest BCUT2D eigenvalue weighted by atomic mass is 10.0. The van der Waals surface area contributed by atoms with Crippen LogP contribution in [0.25, 0.3) is 11.0 Å². The molecule has 0 bridgehead atoms. The van der Waals surface area contributed by atoms with Gasteiger partial charge in [-0.05, 0) is 70.1 Å². The molecule has 288 valence electrons. The van der Waals surface area contributed by atoms with E-state index in [4.69, 9.17) is 4.74 Å². The van der Waals surface area contributed by atoms with E-state index < -0.39 is 74.4 Å². The predicted octanol–water partition coefficient (Wildman–Crippen LogP) is 2.52. The Balaban J connectivity index is 1.21. The van der Waals surface area contributed by atoms with Gasteiger partial charge in [-0.3, -0.25) is 28.6 Å². The number of allylic oxidation sites excluding steroid dienone is 1. The van der Waals surface area contributed by atoms with Crippen LogP contribution in [-0.4, -0.2) is 92.2 Å². The van der Waals surface area contributed by atoms with Crippen molar-refractivity contribution in [2.24, 2.45) is 13.0 Å². The first-order valence-electron chi connectivity index (χ1n) is 18.6. The molecule has 4 aliphatic rings. The van der Waals surface area contributed by atoms with Crippen molar-refractivity contribution in [3.8, 4) is 5.88 Å². The lowest BCUT2D eigenvalue weighted by molar-refractivity contribution is -0.141. The molecule has 3 N–H and O–H groups in total. The van der Waals surface area contributed by atoms with Crippen LogP contribution < -0.4 is 20.1 Å². The van der Waals surface area contributed by atoms with Gasteiger partial charge < -0.3 is 20.3 Å². The monoisotopic (exact) mass is 764 g/mol. The van der Waals surface area contributed by atoms with Gasteiger partial charge in [0.2, 0.25) is 27.7 Å². The summed E-state index contributed by atoms with van der Waals surface area (Å²) in [6, 6.07) is 3.53. The molecule has 0 unspecified atom stereocenters. The van der Waals surface area contributed by atoms with E-state index >= 15 is 0 Å². The summed E-state index contributed by atoms with van der Waals surface area (Å²) in [5.74, 6) is -3.28. The molecule has 3 aromatic rings. The Morgan fingerprint density at radius 1 is 1.09 bits per heavy atom. The SMILES string of the molecule is CCc1nc2ccc(F)cc2nc1O[C@@H]1C[C@H]2C(=O)N[C@]3(C(=O)NS(=O)(=O)C4CC4)C[C@H]3/C=C\CCCCC[C@H](NC(=O)c3cc(C)nn3C)C(=O)N2C1. The average molecular weight is 765 g/mol. The van der Waals surface area contributed by atoms with E-state index in [2.05, 4.69) is 30.4 Å². The first-order chi connectivity index (χ1) is 25.8. The molecule has 54 heavy (non-hydrogen) atoms. The van der Waals surface area contributed by atoms with E-state index in [1.165, 1.54) is 27.8 Å². The van der Waals surface area contributed by atoms with E-state index in [0.717, 1.165) is 12.8 Å². The Kier molecular flexibility index (Phi) is 10.2. The first kappa shape index (κ1) is 37.4. The summed E-state index contributed by atoms with van der Waals surface area (Å²) >= 11 is 0. The molecule has 3 fully saturated rings. The number of hydrogen-bond donors (Lipinski definition) is 3. The zero-order valence-corrected chi connectivity index (χ0v) is 31.3. The van der Waals surface area contributed by atoms with Gasteiger partial charge in [0.15, 0.2) is 0 Å². The number of aromatic nitrogens is 4. The fraction of sp³-hybridized carbons (Fsp3) is 0.541. The molecular formula is C37H45FN8O7S. The van der Waals surface area contributed by atoms with Crippen LogP contribution in [0.4, 0.5) is 4.39 Å². The number of nitrogens with zero attached hydrogens (tertiary/aromatic N) is 5. The fourth-order valence-electron chi connectivity index (χ4n) is 7.43. The minimum atomic E-state index is -3.91. The highest BCUT2D eigenvalue weighted by molar-refractivity contribution is 7.91. The topological polar surface area (TPSA) is 195 Å². The summed E-state index contributed by atoms with van der Waals surface area (Å²) in [7, 11) is -2.27. The van der Waals surface area contributed by atoms with Crippen LogP contribution in [-0.2, 0) is 37.9 Å². The first-order valence-corrected chi connectivity index (χ1v) is 20.1. The van der Waals surface area contributed by atoms with Crippen molar-refractivity contribution in [2.45, 2.75) is 107 Å². The molecule has 4 heterocycles. The molecule has 2 aliphatic carbocycles. The Morgan fingerprint density at radius 3 is 2.61 bits per heavy atom. The van der Waals surface area contributed by atoms with Crippen molar-refractivity contribution < 1.29 is 36.7 Å². The number of ether oxygens (including phenoxy) is 1. The number of fused-ring (bicyclic) bond motifs is 3. The molecule has 2 aliphatic heterocycles. The van der Waals surface area contributed by atoms with Crippen LogP contribution in [0.1, 0.15) is 86.6 Å². The zero-order chi connectivity index (χ0) is 38.4. The van der Waals surface area contributed by atoms with E-state index in [1.807, 2.05) is 19.1 Å². The fourth-order valence-corrected chi connectivity index (χ4v) is 8.80. The van der Waals surface area contributed by atoms with Crippen molar-refractivity contribution in [3.63, 3.8) is 0 Å². The normalized spacial score (nSPS) is 26.9. The second-order valence-electron chi connectivity index (χ2n) is 14.8. The maximum atomic E-state index is 14.6. The van der Waals surface area contributed by atoms with Gasteiger partial charge >= 0.3 is 0 Å². The van der Waals surface area contributed by atoms with Crippen molar-refractivity contribution in [3.05, 3.63) is 59.3 Å². The summed E-state index contributed by atoms with van der Waals surface area (Å²) < 4.78 is 49.8. The second kappa shape index (κ2) is 14.7. The molecule has 0 spiro atoms. The van der Waals surface area contributed by atoms with Crippen LogP contribution in [0.2, 0.25) is 0 Å². The summed E-state index contributed by atoms with van der Waals surface area (Å²) in [6.45, 7) is 3.55. The number of benzene rings is 1. The number of carbonyl (C=O) groups is 4. The molecule has 1 aromatic carbocycles. The van der Waals surface area contributed by atoms with Gasteiger partial charge in [-0.1, -0.05) is 31.9 Å². The van der Waals surface area contributed by atoms with Gasteiger partial charge in [0, 0.05) is 25.5 Å². The van der Waals surface area contributed by atoms with E-state index in [1.54, 1.807) is 20.0 Å². The number of hydrogen-bond acceptors (Lipinski definition) is 10. The van der Waals surface area contributed by atoms with Gasteiger partial charge in [0.1, 0.15) is 40.9 Å². The molecule has 7 rings (SSSR count). The number of rotatable bonds is 8. The molecule has 0 radical (unpaired) electrons. The standard InChI is InChI=1S/C37H45FN8O7S/c1-4-26-34(41-29-17-23(38)12-15-27(29)39-26)53-24-18-31-33(48)42-37(36(50)44-54(51,52)25-13-14-25)19-22(37)10-8-6-5-7-9-11-28(35(49)46(31)20-24)40-32(47)30-16-21(2)43-45(30)3/h8,10,12,15-17,22,24-25,28,31H,4-7,9,11,13-14,18-20H2,1-3H3,(H,40,47)(H,42,48)(H,44,50)/b10-8-/t22-,24-,28+,31+,37-/m1/s1. The van der Waals surface area contributed by atoms with Crippen LogP contribution in [0.3, 0.4) is 0 Å². The highest BCUT2D eigenvalue weighted by atomic mass is 32.2. The molecule has 4 amide bonds. The van der Waals surface area contributed by atoms with Crippen molar-refractivity contribution in [2.75, 3.05) is 6.54 Å². The third kappa shape index (κ3) is 7.68. The quantitative estimate of drug-likeness (QED) is 0.287. The summed E-state index contributed by atoms with van der Waals surface area (Å²) in [5.41, 5.74) is 0.637. The van der Waals surface area contributed by atoms with Crippen LogP contribution in [0, 0.1) is 18.7 Å². The van der Waals surface area contributed by atoms with Crippen LogP contribution in [0.15, 0.2) is 36.4 Å². The maximum absolute atomic E-state index is 14.6. The number of halogens is 1. The molecule has 15 nitrogen and oxygen atoms in total. The van der Waals surface area contributed by atoms with Gasteiger partial charge in [-0.25, -0.2) is 22.8 Å². The highest BCUT2D eigenvalue weighted by Crippen LogP contribution is 2.46. The Bertz CT molecular complexity index is 2140. The van der Waals surface area contributed by atoms with Crippen LogP contribution >= 0.6 is 0 Å². The summed E-state index contributed by atoms with van der Waals surface area (Å²) in [4.78, 5) is 66.7. The lowest BCUT2D eigenvalue weighted by Gasteiger charge is -2.30. The number of aryl methyl sites for hydroxylation is 3. The molecule has 17 heteroatoms. The average Bonchev–Trinajstić information content (AvgIpc) is 4.03. The molecule has 2 saturated carbocycles. The molecule has 2 aromatic heterocycles. The summed E-state index contributed by atoms with van der Waals surface area (Å²) in [6.07, 6.45) is 7.65. The van der Waals surface area contributed by atoms with Crippen molar-refractivity contribution >= 4 is 44.7 Å². The third-order valence-electron chi connectivity index (χ3n) is 10.7. The van der Waals surface area contributed by atoms with Gasteiger partial charge in [0.25, 0.3) is 11.8 Å². The van der Waals surface area contributed by atoms with Crippen LogP contribution in [0.5, 0.6) is 5.88 Å². The minimum absolute atomic E-state index is 0.0102. The number of nitrogens with one attached hydrogen (secondary N) is 3. The highest BCUT2D eigenvalue weighted by Gasteiger charge is 2.62. The molecule has 5 atom stereocenters. The summed E-state index contributed by atoms with van der Waals surface area (Å²) in [5, 5.41) is 9.35. The van der Waals surface area contributed by atoms with E-state index in [-0.39, 0.29) is 36.5 Å². The Morgan fingerprint density at radius 2 is 1.89 bits per heavy atom. The number of amides is 4. The minimum Gasteiger partial charge on any atom is -0.471 e.